The second kappa shape index (κ2) is 8.64. The number of hydrogen-bond acceptors (Lipinski definition) is 4. The summed E-state index contributed by atoms with van der Waals surface area (Å²) in [6.07, 6.45) is 4.45. The van der Waals surface area contributed by atoms with E-state index in [1.807, 2.05) is 6.08 Å². The Balaban J connectivity index is 2.48. The second-order valence-corrected chi connectivity index (χ2v) is 12.4. The van der Waals surface area contributed by atoms with Gasteiger partial charge in [0.2, 0.25) is 0 Å². The summed E-state index contributed by atoms with van der Waals surface area (Å²) in [7, 11) is -0.490. The highest BCUT2D eigenvalue weighted by Gasteiger charge is 2.40. The first kappa shape index (κ1) is 20.7. The molecule has 5 heteroatoms. The van der Waals surface area contributed by atoms with E-state index in [0.717, 1.165) is 5.57 Å². The summed E-state index contributed by atoms with van der Waals surface area (Å²) in [5.74, 6) is 5.89. The first-order valence-electron chi connectivity index (χ1n) is 8.51. The molecule has 24 heavy (non-hydrogen) atoms. The van der Waals surface area contributed by atoms with Crippen LogP contribution in [-0.4, -0.2) is 33.3 Å². The normalized spacial score (nSPS) is 18.0. The molecule has 0 aliphatic heterocycles. The van der Waals surface area contributed by atoms with Gasteiger partial charge in [-0.05, 0) is 36.2 Å². The van der Waals surface area contributed by atoms with E-state index in [9.17, 15) is 9.59 Å². The Morgan fingerprint density at radius 3 is 2.50 bits per heavy atom. The highest BCUT2D eigenvalue weighted by atomic mass is 28.4. The number of carbonyl (C=O) groups is 2. The van der Waals surface area contributed by atoms with Gasteiger partial charge in [0.05, 0.1) is 19.6 Å². The van der Waals surface area contributed by atoms with E-state index in [1.165, 1.54) is 7.11 Å². The Kier molecular flexibility index (Phi) is 7.44. The standard InChI is InChI=1S/C19H30O4Si/c1-19(2,3)24(5,6)23-16-13-15(17(20)14-16)11-9-7-8-10-12-18(21)22-4/h13,16H,9-12,14H2,1-6H3/t16-/m0/s1. The SMILES string of the molecule is COC(=O)CCC#CCCC1=C[C@H](O[Si](C)(C)C(C)(C)C)CC1=O. The van der Waals surface area contributed by atoms with E-state index in [4.69, 9.17) is 4.43 Å². The topological polar surface area (TPSA) is 52.6 Å². The van der Waals surface area contributed by atoms with Gasteiger partial charge in [0, 0.05) is 19.3 Å². The number of Topliss-reactive ketones (excluding diaryl/α,β-unsaturated/α-hetero) is 1. The molecule has 0 bridgehead atoms. The summed E-state index contributed by atoms with van der Waals surface area (Å²) in [6.45, 7) is 11.0. The van der Waals surface area contributed by atoms with E-state index in [0.29, 0.717) is 32.1 Å². The maximum atomic E-state index is 12.1. The number of ether oxygens (including phenoxy) is 1. The van der Waals surface area contributed by atoms with Gasteiger partial charge in [-0.1, -0.05) is 20.8 Å². The van der Waals surface area contributed by atoms with Crippen LogP contribution in [0.25, 0.3) is 0 Å². The van der Waals surface area contributed by atoms with Crippen molar-refractivity contribution in [1.29, 1.82) is 0 Å². The van der Waals surface area contributed by atoms with Crippen LogP contribution in [-0.2, 0) is 18.8 Å². The number of allylic oxidation sites excluding steroid dienone is 1. The molecule has 1 aliphatic carbocycles. The first-order valence-corrected chi connectivity index (χ1v) is 11.4. The maximum absolute atomic E-state index is 12.1. The van der Waals surface area contributed by atoms with E-state index < -0.39 is 8.32 Å². The summed E-state index contributed by atoms with van der Waals surface area (Å²) in [5, 5.41) is 0.137. The summed E-state index contributed by atoms with van der Waals surface area (Å²) < 4.78 is 10.9. The third-order valence-electron chi connectivity index (χ3n) is 4.71. The molecule has 4 nitrogen and oxygen atoms in total. The van der Waals surface area contributed by atoms with Crippen LogP contribution in [0.5, 0.6) is 0 Å². The number of hydrogen-bond donors (Lipinski definition) is 0. The molecule has 0 heterocycles. The van der Waals surface area contributed by atoms with Crippen molar-refractivity contribution in [3.63, 3.8) is 0 Å². The number of carbonyl (C=O) groups excluding carboxylic acids is 2. The quantitative estimate of drug-likeness (QED) is 0.412. The van der Waals surface area contributed by atoms with Crippen LogP contribution in [0.15, 0.2) is 11.6 Å². The predicted molar refractivity (Wildman–Crippen MR) is 98.0 cm³/mol. The molecule has 0 spiro atoms. The van der Waals surface area contributed by atoms with Gasteiger partial charge in [0.15, 0.2) is 14.1 Å². The number of ketones is 1. The molecule has 0 radical (unpaired) electrons. The third-order valence-corrected chi connectivity index (χ3v) is 9.21. The molecule has 0 aromatic heterocycles. The molecule has 0 fully saturated rings. The lowest BCUT2D eigenvalue weighted by Gasteiger charge is -2.37. The Morgan fingerprint density at radius 1 is 1.29 bits per heavy atom. The Hall–Kier alpha value is -1.38. The largest absolute Gasteiger partial charge is 0.469 e. The summed E-state index contributed by atoms with van der Waals surface area (Å²) in [4.78, 5) is 23.1. The first-order chi connectivity index (χ1) is 11.1. The van der Waals surface area contributed by atoms with Gasteiger partial charge in [-0.15, -0.1) is 11.8 Å². The fraction of sp³-hybridized carbons (Fsp3) is 0.684. The minimum Gasteiger partial charge on any atom is -0.469 e. The molecule has 0 aromatic rings. The number of methoxy groups -OCH3 is 1. The lowest BCUT2D eigenvalue weighted by molar-refractivity contribution is -0.140. The zero-order valence-electron chi connectivity index (χ0n) is 15.8. The van der Waals surface area contributed by atoms with Crippen LogP contribution in [0.2, 0.25) is 18.1 Å². The van der Waals surface area contributed by atoms with Crippen molar-refractivity contribution in [3.8, 4) is 11.8 Å². The van der Waals surface area contributed by atoms with Crippen LogP contribution in [0, 0.1) is 11.8 Å². The van der Waals surface area contributed by atoms with Crippen LogP contribution in [0.3, 0.4) is 0 Å². The van der Waals surface area contributed by atoms with Gasteiger partial charge in [-0.2, -0.15) is 0 Å². The van der Waals surface area contributed by atoms with Gasteiger partial charge in [-0.25, -0.2) is 0 Å². The molecule has 0 N–H and O–H groups in total. The Morgan fingerprint density at radius 2 is 1.92 bits per heavy atom. The molecule has 0 aromatic carbocycles. The van der Waals surface area contributed by atoms with Gasteiger partial charge in [-0.3, -0.25) is 9.59 Å². The van der Waals surface area contributed by atoms with E-state index >= 15 is 0 Å². The maximum Gasteiger partial charge on any atom is 0.306 e. The summed E-state index contributed by atoms with van der Waals surface area (Å²) >= 11 is 0. The Labute approximate surface area is 147 Å². The number of esters is 1. The van der Waals surface area contributed by atoms with E-state index in [1.54, 1.807) is 0 Å². The molecule has 0 amide bonds. The second-order valence-electron chi connectivity index (χ2n) is 7.67. The minimum absolute atomic E-state index is 0.0827. The predicted octanol–water partition coefficient (Wildman–Crippen LogP) is 4.01. The van der Waals surface area contributed by atoms with Crippen molar-refractivity contribution in [2.45, 2.75) is 77.1 Å². The molecule has 1 rings (SSSR count). The van der Waals surface area contributed by atoms with Gasteiger partial charge in [0.1, 0.15) is 0 Å². The highest BCUT2D eigenvalue weighted by Crippen LogP contribution is 2.38. The van der Waals surface area contributed by atoms with Crippen molar-refractivity contribution in [1.82, 2.24) is 0 Å². The fourth-order valence-corrected chi connectivity index (χ4v) is 3.45. The van der Waals surface area contributed by atoms with Crippen molar-refractivity contribution in [2.24, 2.45) is 0 Å². The summed E-state index contributed by atoms with van der Waals surface area (Å²) in [5.41, 5.74) is 0.834. The van der Waals surface area contributed by atoms with E-state index in [2.05, 4.69) is 50.4 Å². The minimum atomic E-state index is -1.86. The van der Waals surface area contributed by atoms with Crippen LogP contribution >= 0.6 is 0 Å². The van der Waals surface area contributed by atoms with Gasteiger partial charge in [0.25, 0.3) is 0 Å². The van der Waals surface area contributed by atoms with Crippen molar-refractivity contribution >= 4 is 20.1 Å². The zero-order chi connectivity index (χ0) is 18.4. The number of rotatable bonds is 6. The van der Waals surface area contributed by atoms with Crippen molar-refractivity contribution in [2.75, 3.05) is 7.11 Å². The monoisotopic (exact) mass is 350 g/mol. The lowest BCUT2D eigenvalue weighted by atomic mass is 10.1. The van der Waals surface area contributed by atoms with Crippen molar-refractivity contribution < 1.29 is 18.8 Å². The fourth-order valence-electron chi connectivity index (χ4n) is 2.18. The zero-order valence-corrected chi connectivity index (χ0v) is 16.8. The van der Waals surface area contributed by atoms with Crippen LogP contribution < -0.4 is 0 Å². The molecule has 0 saturated carbocycles. The highest BCUT2D eigenvalue weighted by molar-refractivity contribution is 6.74. The van der Waals surface area contributed by atoms with Gasteiger partial charge < -0.3 is 9.16 Å². The molecule has 0 unspecified atom stereocenters. The van der Waals surface area contributed by atoms with Gasteiger partial charge >= 0.3 is 5.97 Å². The smallest absolute Gasteiger partial charge is 0.306 e. The molecule has 1 atom stereocenters. The molecule has 134 valence electrons. The average molecular weight is 351 g/mol. The molecular formula is C19H30O4Si. The lowest BCUT2D eigenvalue weighted by Crippen LogP contribution is -2.43. The molecule has 0 saturated heterocycles. The summed E-state index contributed by atoms with van der Waals surface area (Å²) in [6, 6.07) is 0. The van der Waals surface area contributed by atoms with Crippen molar-refractivity contribution in [3.05, 3.63) is 11.6 Å². The van der Waals surface area contributed by atoms with E-state index in [-0.39, 0.29) is 22.9 Å². The van der Waals surface area contributed by atoms with Crippen LogP contribution in [0.1, 0.15) is 52.9 Å². The Bertz CT molecular complexity index is 558. The third kappa shape index (κ3) is 6.25. The van der Waals surface area contributed by atoms with Crippen LogP contribution in [0.4, 0.5) is 0 Å². The molecular weight excluding hydrogens is 320 g/mol. The molecule has 1 aliphatic rings. The average Bonchev–Trinajstić information content (AvgIpc) is 2.80.